The Morgan fingerprint density at radius 1 is 1.18 bits per heavy atom. The molecule has 28 heavy (non-hydrogen) atoms. The highest BCUT2D eigenvalue weighted by Crippen LogP contribution is 2.30. The van der Waals surface area contributed by atoms with Crippen LogP contribution in [0.4, 0.5) is 5.69 Å². The van der Waals surface area contributed by atoms with E-state index in [0.717, 1.165) is 22.1 Å². The molecule has 0 bridgehead atoms. The van der Waals surface area contributed by atoms with Crippen molar-refractivity contribution in [3.8, 4) is 11.3 Å². The molecule has 0 aliphatic rings. The lowest BCUT2D eigenvalue weighted by molar-refractivity contribution is 0.102. The Kier molecular flexibility index (Phi) is 4.64. The van der Waals surface area contributed by atoms with Gasteiger partial charge in [-0.2, -0.15) is 0 Å². The van der Waals surface area contributed by atoms with Crippen molar-refractivity contribution in [2.45, 2.75) is 25.8 Å². The Hall–Kier alpha value is -3.13. The molecular formula is C20H18N4O3S. The maximum absolute atomic E-state index is 13.0. The summed E-state index contributed by atoms with van der Waals surface area (Å²) in [6.07, 6.45) is 3.58. The van der Waals surface area contributed by atoms with Gasteiger partial charge in [-0.05, 0) is 51.3 Å². The minimum absolute atomic E-state index is 0.281. The SMILES string of the molecule is CSc1ccc(NC(=O)c2cc(-c3cc(C)oc3C)nc3onc(C)c23)cn1. The van der Waals surface area contributed by atoms with Gasteiger partial charge in [0.25, 0.3) is 11.6 Å². The zero-order valence-electron chi connectivity index (χ0n) is 15.9. The first-order valence-corrected chi connectivity index (χ1v) is 9.84. The second kappa shape index (κ2) is 7.12. The first-order chi connectivity index (χ1) is 13.5. The minimum Gasteiger partial charge on any atom is -0.466 e. The molecule has 4 heterocycles. The number of nitrogens with one attached hydrogen (secondary N) is 1. The zero-order valence-corrected chi connectivity index (χ0v) is 16.7. The van der Waals surface area contributed by atoms with Gasteiger partial charge in [0, 0.05) is 5.56 Å². The van der Waals surface area contributed by atoms with E-state index in [1.165, 1.54) is 11.8 Å². The van der Waals surface area contributed by atoms with Gasteiger partial charge in [-0.3, -0.25) is 4.79 Å². The summed E-state index contributed by atoms with van der Waals surface area (Å²) in [4.78, 5) is 21.9. The number of fused-ring (bicyclic) bond motifs is 1. The van der Waals surface area contributed by atoms with Crippen molar-refractivity contribution in [2.75, 3.05) is 11.6 Å². The van der Waals surface area contributed by atoms with Gasteiger partial charge >= 0.3 is 0 Å². The van der Waals surface area contributed by atoms with E-state index in [1.807, 2.05) is 38.3 Å². The van der Waals surface area contributed by atoms with Gasteiger partial charge in [0.2, 0.25) is 0 Å². The van der Waals surface area contributed by atoms with E-state index in [0.29, 0.717) is 33.7 Å². The predicted molar refractivity (Wildman–Crippen MR) is 108 cm³/mol. The van der Waals surface area contributed by atoms with Crippen molar-refractivity contribution in [3.05, 3.63) is 53.2 Å². The fraction of sp³-hybridized carbons (Fsp3) is 0.200. The van der Waals surface area contributed by atoms with Crippen LogP contribution in [0.5, 0.6) is 0 Å². The molecule has 142 valence electrons. The van der Waals surface area contributed by atoms with Crippen LogP contribution >= 0.6 is 11.8 Å². The summed E-state index contributed by atoms with van der Waals surface area (Å²) < 4.78 is 10.9. The Morgan fingerprint density at radius 2 is 2.00 bits per heavy atom. The van der Waals surface area contributed by atoms with Gasteiger partial charge in [0.15, 0.2) is 0 Å². The number of rotatable bonds is 4. The molecule has 7 nitrogen and oxygen atoms in total. The van der Waals surface area contributed by atoms with Gasteiger partial charge in [-0.15, -0.1) is 11.8 Å². The van der Waals surface area contributed by atoms with E-state index >= 15 is 0 Å². The Labute approximate surface area is 165 Å². The van der Waals surface area contributed by atoms with Crippen molar-refractivity contribution in [1.29, 1.82) is 0 Å². The van der Waals surface area contributed by atoms with E-state index in [1.54, 1.807) is 19.2 Å². The monoisotopic (exact) mass is 394 g/mol. The van der Waals surface area contributed by atoms with Gasteiger partial charge in [-0.25, -0.2) is 9.97 Å². The summed E-state index contributed by atoms with van der Waals surface area (Å²) in [5, 5.41) is 8.33. The summed E-state index contributed by atoms with van der Waals surface area (Å²) in [5.41, 5.74) is 3.38. The molecule has 0 unspecified atom stereocenters. The highest BCUT2D eigenvalue weighted by molar-refractivity contribution is 7.98. The molecule has 1 N–H and O–H groups in total. The number of hydrogen-bond donors (Lipinski definition) is 1. The molecule has 4 rings (SSSR count). The van der Waals surface area contributed by atoms with Crippen LogP contribution in [-0.4, -0.2) is 27.3 Å². The summed E-state index contributed by atoms with van der Waals surface area (Å²) in [6, 6.07) is 7.30. The van der Waals surface area contributed by atoms with Gasteiger partial charge in [0.1, 0.15) is 11.5 Å². The molecule has 0 saturated heterocycles. The lowest BCUT2D eigenvalue weighted by atomic mass is 10.1. The van der Waals surface area contributed by atoms with E-state index in [-0.39, 0.29) is 5.91 Å². The first kappa shape index (κ1) is 18.2. The predicted octanol–water partition coefficient (Wildman–Crippen LogP) is 4.78. The van der Waals surface area contributed by atoms with Gasteiger partial charge in [0.05, 0.1) is 39.2 Å². The molecule has 0 aliphatic heterocycles. The second-order valence-corrected chi connectivity index (χ2v) is 7.20. The highest BCUT2D eigenvalue weighted by atomic mass is 32.2. The number of pyridine rings is 2. The van der Waals surface area contributed by atoms with Crippen LogP contribution in [0.1, 0.15) is 27.6 Å². The maximum atomic E-state index is 13.0. The van der Waals surface area contributed by atoms with E-state index in [9.17, 15) is 4.79 Å². The van der Waals surface area contributed by atoms with Gasteiger partial charge in [-0.1, -0.05) is 5.16 Å². The third-order valence-corrected chi connectivity index (χ3v) is 5.04. The van der Waals surface area contributed by atoms with Crippen molar-refractivity contribution >= 4 is 34.5 Å². The molecule has 0 saturated carbocycles. The normalized spacial score (nSPS) is 11.1. The van der Waals surface area contributed by atoms with Crippen LogP contribution in [0.3, 0.4) is 0 Å². The number of amides is 1. The topological polar surface area (TPSA) is 94.1 Å². The van der Waals surface area contributed by atoms with Crippen LogP contribution < -0.4 is 5.32 Å². The largest absolute Gasteiger partial charge is 0.466 e. The number of aryl methyl sites for hydroxylation is 3. The fourth-order valence-electron chi connectivity index (χ4n) is 3.07. The van der Waals surface area contributed by atoms with Gasteiger partial charge < -0.3 is 14.3 Å². The Morgan fingerprint density at radius 3 is 2.64 bits per heavy atom. The first-order valence-electron chi connectivity index (χ1n) is 8.62. The average molecular weight is 394 g/mol. The van der Waals surface area contributed by atoms with Crippen LogP contribution in [0, 0.1) is 20.8 Å². The van der Waals surface area contributed by atoms with E-state index in [4.69, 9.17) is 8.94 Å². The zero-order chi connectivity index (χ0) is 19.8. The number of thioether (sulfide) groups is 1. The summed E-state index contributed by atoms with van der Waals surface area (Å²) in [5.74, 6) is 1.22. The third-order valence-electron chi connectivity index (χ3n) is 4.38. The number of nitrogens with zero attached hydrogens (tertiary/aromatic N) is 3. The number of hydrogen-bond acceptors (Lipinski definition) is 7. The lowest BCUT2D eigenvalue weighted by Gasteiger charge is -2.08. The molecule has 0 fully saturated rings. The smallest absolute Gasteiger partial charge is 0.259 e. The van der Waals surface area contributed by atoms with Crippen molar-refractivity contribution < 1.29 is 13.7 Å². The molecule has 1 amide bonds. The number of carbonyl (C=O) groups is 1. The minimum atomic E-state index is -0.281. The van der Waals surface area contributed by atoms with E-state index in [2.05, 4.69) is 20.4 Å². The molecule has 4 aromatic rings. The molecule has 0 atom stereocenters. The molecular weight excluding hydrogens is 376 g/mol. The Balaban J connectivity index is 1.78. The second-order valence-electron chi connectivity index (χ2n) is 6.37. The average Bonchev–Trinajstić information content (AvgIpc) is 3.23. The number of anilines is 1. The van der Waals surface area contributed by atoms with Crippen LogP contribution in [0.25, 0.3) is 22.4 Å². The number of furan rings is 1. The van der Waals surface area contributed by atoms with Crippen LogP contribution in [0.15, 0.2) is 44.4 Å². The van der Waals surface area contributed by atoms with Crippen molar-refractivity contribution in [3.63, 3.8) is 0 Å². The van der Waals surface area contributed by atoms with E-state index < -0.39 is 0 Å². The standard InChI is InChI=1S/C20H18N4O3S/c1-10-7-14(12(3)26-10)16-8-15(18-11(2)24-27-20(18)23-16)19(25)22-13-5-6-17(28-4)21-9-13/h5-9H,1-4H3,(H,22,25). The quantitative estimate of drug-likeness (QED) is 0.498. The molecule has 8 heteroatoms. The van der Waals surface area contributed by atoms with Crippen molar-refractivity contribution in [1.82, 2.24) is 15.1 Å². The number of carbonyl (C=O) groups excluding carboxylic acids is 1. The molecule has 0 aliphatic carbocycles. The maximum Gasteiger partial charge on any atom is 0.259 e. The molecule has 0 aromatic carbocycles. The lowest BCUT2D eigenvalue weighted by Crippen LogP contribution is -2.13. The summed E-state index contributed by atoms with van der Waals surface area (Å²) in [7, 11) is 0. The third kappa shape index (κ3) is 3.27. The van der Waals surface area contributed by atoms with Crippen LogP contribution in [-0.2, 0) is 0 Å². The summed E-state index contributed by atoms with van der Waals surface area (Å²) >= 11 is 1.54. The summed E-state index contributed by atoms with van der Waals surface area (Å²) in [6.45, 7) is 5.51. The Bertz CT molecular complexity index is 1180. The molecule has 0 spiro atoms. The van der Waals surface area contributed by atoms with Crippen LogP contribution in [0.2, 0.25) is 0 Å². The molecule has 4 aromatic heterocycles. The molecule has 0 radical (unpaired) electrons. The fourth-order valence-corrected chi connectivity index (χ4v) is 3.43. The number of aromatic nitrogens is 3. The van der Waals surface area contributed by atoms with Crippen molar-refractivity contribution in [2.24, 2.45) is 0 Å². The highest BCUT2D eigenvalue weighted by Gasteiger charge is 2.21.